The van der Waals surface area contributed by atoms with Gasteiger partial charge in [0.05, 0.1) is 6.42 Å². The molecule has 1 aliphatic heterocycles. The Morgan fingerprint density at radius 1 is 1.30 bits per heavy atom. The summed E-state index contributed by atoms with van der Waals surface area (Å²) in [5, 5.41) is 2.99. The van der Waals surface area contributed by atoms with Crippen LogP contribution in [0.2, 0.25) is 0 Å². The summed E-state index contributed by atoms with van der Waals surface area (Å²) in [7, 11) is 0. The molecular formula is C18H25BrN2O2. The van der Waals surface area contributed by atoms with E-state index in [9.17, 15) is 9.59 Å². The maximum absolute atomic E-state index is 12.4. The van der Waals surface area contributed by atoms with E-state index in [1.54, 1.807) is 0 Å². The highest BCUT2D eigenvalue weighted by atomic mass is 79.9. The highest BCUT2D eigenvalue weighted by Crippen LogP contribution is 2.19. The van der Waals surface area contributed by atoms with Crippen molar-refractivity contribution in [2.45, 2.75) is 33.1 Å². The standard InChI is InChI=1S/C18H25BrN2O2/c1-13(2)12-20-18(23)15-6-8-21(9-7-15)17(22)11-14-4-3-5-16(19)10-14/h3-5,10,13,15H,6-9,11-12H2,1-2H3,(H,20,23). The third-order valence-electron chi connectivity index (χ3n) is 4.15. The molecule has 2 amide bonds. The molecule has 1 fully saturated rings. The lowest BCUT2D eigenvalue weighted by molar-refractivity contribution is -0.135. The van der Waals surface area contributed by atoms with Crippen molar-refractivity contribution in [1.29, 1.82) is 0 Å². The maximum atomic E-state index is 12.4. The number of nitrogens with zero attached hydrogens (tertiary/aromatic N) is 1. The van der Waals surface area contributed by atoms with Crippen LogP contribution in [0.4, 0.5) is 0 Å². The number of carbonyl (C=O) groups is 2. The maximum Gasteiger partial charge on any atom is 0.226 e. The number of hydrogen-bond donors (Lipinski definition) is 1. The van der Waals surface area contributed by atoms with Gasteiger partial charge in [-0.25, -0.2) is 0 Å². The SMILES string of the molecule is CC(C)CNC(=O)C1CCN(C(=O)Cc2cccc(Br)c2)CC1. The fraction of sp³-hybridized carbons (Fsp3) is 0.556. The van der Waals surface area contributed by atoms with E-state index >= 15 is 0 Å². The Hall–Kier alpha value is -1.36. The van der Waals surface area contributed by atoms with Crippen molar-refractivity contribution in [3.8, 4) is 0 Å². The molecule has 0 bridgehead atoms. The smallest absolute Gasteiger partial charge is 0.226 e. The van der Waals surface area contributed by atoms with Crippen molar-refractivity contribution in [2.75, 3.05) is 19.6 Å². The first-order chi connectivity index (χ1) is 11.0. The highest BCUT2D eigenvalue weighted by molar-refractivity contribution is 9.10. The molecule has 0 spiro atoms. The Bertz CT molecular complexity index is 552. The number of halogens is 1. The number of nitrogens with one attached hydrogen (secondary N) is 1. The van der Waals surface area contributed by atoms with Gasteiger partial charge in [0.25, 0.3) is 0 Å². The molecule has 1 N–H and O–H groups in total. The third kappa shape index (κ3) is 5.65. The van der Waals surface area contributed by atoms with Gasteiger partial charge >= 0.3 is 0 Å². The number of likely N-dealkylation sites (tertiary alicyclic amines) is 1. The second kappa shape index (κ2) is 8.48. The summed E-state index contributed by atoms with van der Waals surface area (Å²) in [5.74, 6) is 0.788. The van der Waals surface area contributed by atoms with Crippen molar-refractivity contribution in [2.24, 2.45) is 11.8 Å². The van der Waals surface area contributed by atoms with Crippen LogP contribution in [0.5, 0.6) is 0 Å². The first-order valence-corrected chi connectivity index (χ1v) is 9.05. The minimum Gasteiger partial charge on any atom is -0.356 e. The molecule has 2 rings (SSSR count). The molecule has 1 aromatic rings. The van der Waals surface area contributed by atoms with Gasteiger partial charge in [0.1, 0.15) is 0 Å². The number of carbonyl (C=O) groups excluding carboxylic acids is 2. The molecule has 23 heavy (non-hydrogen) atoms. The lowest BCUT2D eigenvalue weighted by Gasteiger charge is -2.31. The zero-order valence-corrected chi connectivity index (χ0v) is 15.4. The molecule has 0 atom stereocenters. The lowest BCUT2D eigenvalue weighted by atomic mass is 9.95. The molecule has 0 aromatic heterocycles. The molecular weight excluding hydrogens is 356 g/mol. The quantitative estimate of drug-likeness (QED) is 0.853. The monoisotopic (exact) mass is 380 g/mol. The van der Waals surface area contributed by atoms with Crippen molar-refractivity contribution in [3.05, 3.63) is 34.3 Å². The van der Waals surface area contributed by atoms with Crippen LogP contribution < -0.4 is 5.32 Å². The number of piperidine rings is 1. The predicted molar refractivity (Wildman–Crippen MR) is 95.0 cm³/mol. The van der Waals surface area contributed by atoms with E-state index in [0.717, 1.165) is 29.4 Å². The van der Waals surface area contributed by atoms with Gasteiger partial charge in [0, 0.05) is 30.0 Å². The first-order valence-electron chi connectivity index (χ1n) is 8.25. The summed E-state index contributed by atoms with van der Waals surface area (Å²) in [4.78, 5) is 26.4. The van der Waals surface area contributed by atoms with Gasteiger partial charge in [-0.3, -0.25) is 9.59 Å². The lowest BCUT2D eigenvalue weighted by Crippen LogP contribution is -2.44. The highest BCUT2D eigenvalue weighted by Gasteiger charge is 2.27. The Morgan fingerprint density at radius 3 is 2.61 bits per heavy atom. The third-order valence-corrected chi connectivity index (χ3v) is 4.64. The molecule has 1 heterocycles. The van der Waals surface area contributed by atoms with Gasteiger partial charge in [-0.1, -0.05) is 41.9 Å². The second-order valence-corrected chi connectivity index (χ2v) is 7.52. The Kier molecular flexibility index (Phi) is 6.63. The van der Waals surface area contributed by atoms with E-state index in [4.69, 9.17) is 0 Å². The van der Waals surface area contributed by atoms with Crippen LogP contribution in [0.1, 0.15) is 32.3 Å². The zero-order valence-electron chi connectivity index (χ0n) is 13.8. The number of hydrogen-bond acceptors (Lipinski definition) is 2. The minimum absolute atomic E-state index is 0.0451. The number of benzene rings is 1. The van der Waals surface area contributed by atoms with Gasteiger partial charge in [0.2, 0.25) is 11.8 Å². The molecule has 0 saturated carbocycles. The average molecular weight is 381 g/mol. The summed E-state index contributed by atoms with van der Waals surface area (Å²) in [6.45, 7) is 6.24. The van der Waals surface area contributed by atoms with Crippen molar-refractivity contribution >= 4 is 27.7 Å². The van der Waals surface area contributed by atoms with Crippen LogP contribution >= 0.6 is 15.9 Å². The summed E-state index contributed by atoms with van der Waals surface area (Å²) >= 11 is 3.43. The molecule has 1 aliphatic rings. The van der Waals surface area contributed by atoms with E-state index in [1.165, 1.54) is 0 Å². The Balaban J connectivity index is 1.79. The molecule has 1 saturated heterocycles. The van der Waals surface area contributed by atoms with E-state index in [0.29, 0.717) is 25.4 Å². The average Bonchev–Trinajstić information content (AvgIpc) is 2.52. The molecule has 4 nitrogen and oxygen atoms in total. The molecule has 0 aliphatic carbocycles. The van der Waals surface area contributed by atoms with E-state index in [-0.39, 0.29) is 17.7 Å². The predicted octanol–water partition coefficient (Wildman–Crippen LogP) is 3.00. The Morgan fingerprint density at radius 2 is 2.00 bits per heavy atom. The number of amides is 2. The topological polar surface area (TPSA) is 49.4 Å². The fourth-order valence-electron chi connectivity index (χ4n) is 2.77. The fourth-order valence-corrected chi connectivity index (χ4v) is 3.22. The first kappa shape index (κ1) is 18.0. The van der Waals surface area contributed by atoms with Gasteiger partial charge in [0.15, 0.2) is 0 Å². The molecule has 126 valence electrons. The van der Waals surface area contributed by atoms with Crippen molar-refractivity contribution < 1.29 is 9.59 Å². The van der Waals surface area contributed by atoms with Gasteiger partial charge in [-0.15, -0.1) is 0 Å². The summed E-state index contributed by atoms with van der Waals surface area (Å²) in [6, 6.07) is 7.84. The summed E-state index contributed by atoms with van der Waals surface area (Å²) in [6.07, 6.45) is 1.94. The molecule has 5 heteroatoms. The molecule has 0 unspecified atom stereocenters. The van der Waals surface area contributed by atoms with Crippen LogP contribution in [-0.2, 0) is 16.0 Å². The van der Waals surface area contributed by atoms with Crippen molar-refractivity contribution in [3.63, 3.8) is 0 Å². The normalized spacial score (nSPS) is 15.7. The van der Waals surface area contributed by atoms with Crippen LogP contribution in [0.25, 0.3) is 0 Å². The van der Waals surface area contributed by atoms with Crippen LogP contribution in [0.3, 0.4) is 0 Å². The van der Waals surface area contributed by atoms with Crippen molar-refractivity contribution in [1.82, 2.24) is 10.2 Å². The Labute approximate surface area is 146 Å². The van der Waals surface area contributed by atoms with Gasteiger partial charge in [-0.2, -0.15) is 0 Å². The van der Waals surface area contributed by atoms with E-state index in [2.05, 4.69) is 35.1 Å². The van der Waals surface area contributed by atoms with Crippen LogP contribution in [0, 0.1) is 11.8 Å². The van der Waals surface area contributed by atoms with Crippen LogP contribution in [-0.4, -0.2) is 36.3 Å². The second-order valence-electron chi connectivity index (χ2n) is 6.60. The van der Waals surface area contributed by atoms with Gasteiger partial charge < -0.3 is 10.2 Å². The molecule has 0 radical (unpaired) electrons. The minimum atomic E-state index is 0.0451. The van der Waals surface area contributed by atoms with E-state index < -0.39 is 0 Å². The van der Waals surface area contributed by atoms with E-state index in [1.807, 2.05) is 29.2 Å². The molecule has 1 aromatic carbocycles. The summed E-state index contributed by atoms with van der Waals surface area (Å²) < 4.78 is 0.989. The van der Waals surface area contributed by atoms with Gasteiger partial charge in [-0.05, 0) is 36.5 Å². The van der Waals surface area contributed by atoms with Crippen LogP contribution in [0.15, 0.2) is 28.7 Å². The summed E-state index contributed by atoms with van der Waals surface area (Å²) in [5.41, 5.74) is 1.01. The zero-order chi connectivity index (χ0) is 16.8. The largest absolute Gasteiger partial charge is 0.356 e. The number of rotatable bonds is 5.